The molecule has 0 amide bonds. The third-order valence-electron chi connectivity index (χ3n) is 3.16. The monoisotopic (exact) mass is 302 g/mol. The number of aromatic nitrogens is 2. The van der Waals surface area contributed by atoms with Gasteiger partial charge in [-0.2, -0.15) is 0 Å². The number of phenolic OH excluding ortho intramolecular Hbond substituents is 1. The van der Waals surface area contributed by atoms with Crippen LogP contribution in [-0.2, 0) is 4.74 Å². The number of ether oxygens (including phenoxy) is 1. The molecule has 1 heterocycles. The molecule has 3 aromatic rings. The number of nitrogens with one attached hydrogen (secondary N) is 1. The van der Waals surface area contributed by atoms with E-state index in [1.807, 2.05) is 12.1 Å². The number of H-pyrrole nitrogens is 1. The van der Waals surface area contributed by atoms with E-state index < -0.39 is 5.97 Å². The largest absolute Gasteiger partial charge is 0.506 e. The van der Waals surface area contributed by atoms with Crippen molar-refractivity contribution in [1.29, 1.82) is 0 Å². The Labute approximate surface area is 125 Å². The summed E-state index contributed by atoms with van der Waals surface area (Å²) >= 11 is 6.14. The highest BCUT2D eigenvalue weighted by Gasteiger charge is 2.18. The number of carbonyl (C=O) groups is 1. The number of benzene rings is 2. The van der Waals surface area contributed by atoms with E-state index in [1.165, 1.54) is 19.2 Å². The van der Waals surface area contributed by atoms with Crippen molar-refractivity contribution in [3.63, 3.8) is 0 Å². The number of phenols is 1. The van der Waals surface area contributed by atoms with Crippen LogP contribution in [0.1, 0.15) is 10.4 Å². The van der Waals surface area contributed by atoms with Crippen LogP contribution in [0.3, 0.4) is 0 Å². The van der Waals surface area contributed by atoms with Crippen molar-refractivity contribution in [2.45, 2.75) is 0 Å². The van der Waals surface area contributed by atoms with Gasteiger partial charge in [-0.05, 0) is 24.3 Å². The van der Waals surface area contributed by atoms with Gasteiger partial charge >= 0.3 is 5.97 Å². The van der Waals surface area contributed by atoms with Gasteiger partial charge in [0, 0.05) is 5.56 Å². The number of imidazole rings is 1. The average Bonchev–Trinajstić information content (AvgIpc) is 2.93. The van der Waals surface area contributed by atoms with Gasteiger partial charge in [0.2, 0.25) is 0 Å². The van der Waals surface area contributed by atoms with E-state index in [0.29, 0.717) is 27.4 Å². The van der Waals surface area contributed by atoms with Gasteiger partial charge < -0.3 is 14.8 Å². The molecule has 2 aromatic carbocycles. The van der Waals surface area contributed by atoms with E-state index in [2.05, 4.69) is 9.97 Å². The molecule has 0 aliphatic heterocycles. The molecule has 1 aromatic heterocycles. The fourth-order valence-electron chi connectivity index (χ4n) is 2.13. The Morgan fingerprint density at radius 3 is 2.76 bits per heavy atom. The minimum Gasteiger partial charge on any atom is -0.506 e. The molecule has 0 saturated heterocycles. The Hall–Kier alpha value is -2.53. The second-order valence-corrected chi connectivity index (χ2v) is 4.82. The predicted molar refractivity (Wildman–Crippen MR) is 79.5 cm³/mol. The van der Waals surface area contributed by atoms with Crippen LogP contribution in [0.15, 0.2) is 36.4 Å². The van der Waals surface area contributed by atoms with Crippen molar-refractivity contribution in [3.8, 4) is 17.1 Å². The van der Waals surface area contributed by atoms with E-state index in [-0.39, 0.29) is 11.3 Å². The van der Waals surface area contributed by atoms with Crippen molar-refractivity contribution >= 4 is 28.6 Å². The van der Waals surface area contributed by atoms with Gasteiger partial charge in [0.25, 0.3) is 0 Å². The van der Waals surface area contributed by atoms with Crippen molar-refractivity contribution in [2.24, 2.45) is 0 Å². The number of hydrogen-bond acceptors (Lipinski definition) is 4. The summed E-state index contributed by atoms with van der Waals surface area (Å²) in [6.45, 7) is 0. The van der Waals surface area contributed by atoms with Crippen LogP contribution < -0.4 is 0 Å². The number of fused-ring (bicyclic) bond motifs is 1. The molecule has 0 unspecified atom stereocenters. The lowest BCUT2D eigenvalue weighted by Gasteiger charge is -2.00. The molecule has 0 saturated carbocycles. The second kappa shape index (κ2) is 5.10. The van der Waals surface area contributed by atoms with Crippen molar-refractivity contribution < 1.29 is 14.6 Å². The van der Waals surface area contributed by atoms with Gasteiger partial charge in [0.1, 0.15) is 22.6 Å². The maximum atomic E-state index is 11.8. The van der Waals surface area contributed by atoms with Crippen LogP contribution in [0, 0.1) is 0 Å². The van der Waals surface area contributed by atoms with Crippen molar-refractivity contribution in [1.82, 2.24) is 9.97 Å². The minimum atomic E-state index is -0.516. The SMILES string of the molecule is COC(=O)c1ccc(O)c2[nH]c(-c3ccccc3Cl)nc12. The lowest BCUT2D eigenvalue weighted by Crippen LogP contribution is -2.01. The van der Waals surface area contributed by atoms with Crippen LogP contribution >= 0.6 is 11.6 Å². The Kier molecular flexibility index (Phi) is 3.27. The normalized spacial score (nSPS) is 10.8. The average molecular weight is 303 g/mol. The Morgan fingerprint density at radius 2 is 2.05 bits per heavy atom. The highest BCUT2D eigenvalue weighted by atomic mass is 35.5. The van der Waals surface area contributed by atoms with E-state index in [4.69, 9.17) is 16.3 Å². The van der Waals surface area contributed by atoms with Gasteiger partial charge in [0.05, 0.1) is 17.7 Å². The first kappa shape index (κ1) is 13.5. The zero-order valence-corrected chi connectivity index (χ0v) is 11.8. The van der Waals surface area contributed by atoms with Gasteiger partial charge in [0.15, 0.2) is 0 Å². The quantitative estimate of drug-likeness (QED) is 0.712. The van der Waals surface area contributed by atoms with E-state index in [1.54, 1.807) is 12.1 Å². The summed E-state index contributed by atoms with van der Waals surface area (Å²) in [7, 11) is 1.29. The molecular weight excluding hydrogens is 292 g/mol. The lowest BCUT2D eigenvalue weighted by molar-refractivity contribution is 0.0603. The molecule has 0 atom stereocenters. The summed E-state index contributed by atoms with van der Waals surface area (Å²) in [5, 5.41) is 10.4. The molecule has 106 valence electrons. The summed E-state index contributed by atoms with van der Waals surface area (Å²) < 4.78 is 4.72. The number of aromatic amines is 1. The smallest absolute Gasteiger partial charge is 0.340 e. The number of aromatic hydroxyl groups is 1. The zero-order valence-electron chi connectivity index (χ0n) is 11.1. The van der Waals surface area contributed by atoms with Gasteiger partial charge in [-0.3, -0.25) is 0 Å². The van der Waals surface area contributed by atoms with Crippen molar-refractivity contribution in [3.05, 3.63) is 47.0 Å². The molecule has 0 aliphatic carbocycles. The van der Waals surface area contributed by atoms with Crippen molar-refractivity contribution in [2.75, 3.05) is 7.11 Å². The van der Waals surface area contributed by atoms with Gasteiger partial charge in [-0.15, -0.1) is 0 Å². The fourth-order valence-corrected chi connectivity index (χ4v) is 2.36. The second-order valence-electron chi connectivity index (χ2n) is 4.41. The molecule has 2 N–H and O–H groups in total. The first-order chi connectivity index (χ1) is 10.1. The molecule has 0 radical (unpaired) electrons. The summed E-state index contributed by atoms with van der Waals surface area (Å²) in [6, 6.07) is 10.1. The third-order valence-corrected chi connectivity index (χ3v) is 3.49. The van der Waals surface area contributed by atoms with Crippen LogP contribution in [0.5, 0.6) is 5.75 Å². The fraction of sp³-hybridized carbons (Fsp3) is 0.0667. The van der Waals surface area contributed by atoms with Crippen LogP contribution in [0.25, 0.3) is 22.4 Å². The number of esters is 1. The van der Waals surface area contributed by atoms with E-state index in [9.17, 15) is 9.90 Å². The van der Waals surface area contributed by atoms with E-state index >= 15 is 0 Å². The van der Waals surface area contributed by atoms with E-state index in [0.717, 1.165) is 0 Å². The number of methoxy groups -OCH3 is 1. The lowest BCUT2D eigenvalue weighted by atomic mass is 10.2. The Morgan fingerprint density at radius 1 is 1.29 bits per heavy atom. The minimum absolute atomic E-state index is 0.00320. The van der Waals surface area contributed by atoms with Crippen LogP contribution in [0.2, 0.25) is 5.02 Å². The molecule has 3 rings (SSSR count). The summed E-state index contributed by atoms with van der Waals surface area (Å²) in [5.41, 5.74) is 1.68. The molecule has 5 nitrogen and oxygen atoms in total. The number of nitrogens with zero attached hydrogens (tertiary/aromatic N) is 1. The molecule has 21 heavy (non-hydrogen) atoms. The van der Waals surface area contributed by atoms with Gasteiger partial charge in [-0.25, -0.2) is 9.78 Å². The predicted octanol–water partition coefficient (Wildman–Crippen LogP) is 3.38. The molecular formula is C15H11ClN2O3. The van der Waals surface area contributed by atoms with Crippen LogP contribution in [0.4, 0.5) is 0 Å². The van der Waals surface area contributed by atoms with Gasteiger partial charge in [-0.1, -0.05) is 23.7 Å². The highest BCUT2D eigenvalue weighted by molar-refractivity contribution is 6.33. The highest BCUT2D eigenvalue weighted by Crippen LogP contribution is 2.32. The topological polar surface area (TPSA) is 75.2 Å². The standard InChI is InChI=1S/C15H11ClN2O3/c1-21-15(20)9-6-7-11(19)13-12(9)17-14(18-13)8-4-2-3-5-10(8)16/h2-7,19H,1H3,(H,17,18). The Balaban J connectivity index is 2.27. The maximum absolute atomic E-state index is 11.8. The number of halogens is 1. The maximum Gasteiger partial charge on any atom is 0.340 e. The summed E-state index contributed by atoms with van der Waals surface area (Å²) in [5.74, 6) is -0.0390. The summed E-state index contributed by atoms with van der Waals surface area (Å²) in [4.78, 5) is 19.1. The first-order valence-corrected chi connectivity index (χ1v) is 6.54. The number of rotatable bonds is 2. The van der Waals surface area contributed by atoms with Crippen LogP contribution in [-0.4, -0.2) is 28.2 Å². The number of hydrogen-bond donors (Lipinski definition) is 2. The molecule has 0 spiro atoms. The Bertz CT molecular complexity index is 842. The molecule has 0 fully saturated rings. The number of carbonyl (C=O) groups excluding carboxylic acids is 1. The summed E-state index contributed by atoms with van der Waals surface area (Å²) in [6.07, 6.45) is 0. The molecule has 0 aliphatic rings. The molecule has 6 heteroatoms. The zero-order chi connectivity index (χ0) is 15.0. The first-order valence-electron chi connectivity index (χ1n) is 6.16. The third kappa shape index (κ3) is 2.21. The molecule has 0 bridgehead atoms.